The molecule has 0 aliphatic rings. The van der Waals surface area contributed by atoms with E-state index in [2.05, 4.69) is 27.4 Å². The first-order chi connectivity index (χ1) is 15.9. The first kappa shape index (κ1) is 23.2. The van der Waals surface area contributed by atoms with E-state index in [1.165, 1.54) is 40.8 Å². The number of thiophene rings is 1. The van der Waals surface area contributed by atoms with E-state index in [-0.39, 0.29) is 29.1 Å². The molecule has 0 aliphatic carbocycles. The molecule has 33 heavy (non-hydrogen) atoms. The van der Waals surface area contributed by atoms with Crippen LogP contribution in [0.2, 0.25) is 0 Å². The van der Waals surface area contributed by atoms with Gasteiger partial charge in [-0.3, -0.25) is 9.59 Å². The van der Waals surface area contributed by atoms with Gasteiger partial charge in [0.05, 0.1) is 11.1 Å². The van der Waals surface area contributed by atoms with E-state index < -0.39 is 0 Å². The second-order valence-corrected chi connectivity index (χ2v) is 10.0. The van der Waals surface area contributed by atoms with Crippen LogP contribution >= 0.6 is 23.1 Å². The van der Waals surface area contributed by atoms with Gasteiger partial charge < -0.3 is 10.3 Å². The van der Waals surface area contributed by atoms with Crippen molar-refractivity contribution >= 4 is 39.2 Å². The predicted molar refractivity (Wildman–Crippen MR) is 133 cm³/mol. The van der Waals surface area contributed by atoms with E-state index in [0.717, 1.165) is 28.8 Å². The van der Waals surface area contributed by atoms with E-state index in [9.17, 15) is 14.0 Å². The summed E-state index contributed by atoms with van der Waals surface area (Å²) in [4.78, 5) is 34.1. The van der Waals surface area contributed by atoms with Crippen LogP contribution in [0, 0.1) is 12.7 Å². The largest absolute Gasteiger partial charge is 0.353 e. The minimum atomic E-state index is -0.325. The van der Waals surface area contributed by atoms with Gasteiger partial charge in [0.1, 0.15) is 10.6 Å². The van der Waals surface area contributed by atoms with Gasteiger partial charge in [0, 0.05) is 16.5 Å². The summed E-state index contributed by atoms with van der Waals surface area (Å²) in [7, 11) is 0. The number of H-pyrrole nitrogens is 1. The van der Waals surface area contributed by atoms with Crippen molar-refractivity contribution in [3.05, 3.63) is 81.2 Å². The molecule has 0 saturated carbocycles. The SMILES string of the molecule is Cc1sc2nc(SCC(=O)N[C@@H](C)CCc3ccccc3)[nH]c(=O)c2c1-c1ccc(F)cc1. The van der Waals surface area contributed by atoms with Crippen molar-refractivity contribution in [3.63, 3.8) is 0 Å². The molecule has 2 aromatic heterocycles. The summed E-state index contributed by atoms with van der Waals surface area (Å²) in [5.41, 5.74) is 2.53. The van der Waals surface area contributed by atoms with Gasteiger partial charge in [-0.15, -0.1) is 11.3 Å². The first-order valence-corrected chi connectivity index (χ1v) is 12.5. The summed E-state index contributed by atoms with van der Waals surface area (Å²) in [5, 5.41) is 3.91. The minimum absolute atomic E-state index is 0.0472. The maximum Gasteiger partial charge on any atom is 0.260 e. The second-order valence-electron chi connectivity index (χ2n) is 7.87. The van der Waals surface area contributed by atoms with E-state index in [0.29, 0.717) is 15.4 Å². The molecule has 0 fully saturated rings. The molecule has 8 heteroatoms. The molecule has 2 aromatic carbocycles. The molecular weight excluding hydrogens is 457 g/mol. The van der Waals surface area contributed by atoms with Crippen molar-refractivity contribution in [1.82, 2.24) is 15.3 Å². The fourth-order valence-corrected chi connectivity index (χ4v) is 5.46. The lowest BCUT2D eigenvalue weighted by Crippen LogP contribution is -2.34. The summed E-state index contributed by atoms with van der Waals surface area (Å²) >= 11 is 2.62. The summed E-state index contributed by atoms with van der Waals surface area (Å²) in [6.07, 6.45) is 1.75. The summed E-state index contributed by atoms with van der Waals surface area (Å²) in [6, 6.07) is 16.3. The van der Waals surface area contributed by atoms with Crippen LogP contribution < -0.4 is 10.9 Å². The van der Waals surface area contributed by atoms with Crippen LogP contribution in [0.25, 0.3) is 21.3 Å². The lowest BCUT2D eigenvalue weighted by Gasteiger charge is -2.13. The van der Waals surface area contributed by atoms with Gasteiger partial charge in [-0.1, -0.05) is 54.2 Å². The molecule has 1 atom stereocenters. The molecule has 0 bridgehead atoms. The molecule has 0 saturated heterocycles. The average molecular weight is 482 g/mol. The number of nitrogens with one attached hydrogen (secondary N) is 2. The number of aromatic amines is 1. The van der Waals surface area contributed by atoms with Gasteiger partial charge in [0.25, 0.3) is 5.56 Å². The number of hydrogen-bond acceptors (Lipinski definition) is 5. The topological polar surface area (TPSA) is 74.8 Å². The van der Waals surface area contributed by atoms with E-state index in [1.54, 1.807) is 12.1 Å². The van der Waals surface area contributed by atoms with E-state index >= 15 is 0 Å². The normalized spacial score (nSPS) is 12.1. The number of nitrogens with zero attached hydrogens (tertiary/aromatic N) is 1. The van der Waals surface area contributed by atoms with Crippen molar-refractivity contribution in [3.8, 4) is 11.1 Å². The molecule has 2 heterocycles. The van der Waals surface area contributed by atoms with Crippen molar-refractivity contribution in [2.75, 3.05) is 5.75 Å². The predicted octanol–water partition coefficient (Wildman–Crippen LogP) is 5.33. The number of hydrogen-bond donors (Lipinski definition) is 2. The smallest absolute Gasteiger partial charge is 0.260 e. The number of aryl methyl sites for hydroxylation is 2. The number of rotatable bonds is 8. The molecule has 1 amide bonds. The Morgan fingerprint density at radius 3 is 2.64 bits per heavy atom. The number of benzene rings is 2. The zero-order chi connectivity index (χ0) is 23.4. The van der Waals surface area contributed by atoms with Gasteiger partial charge >= 0.3 is 0 Å². The van der Waals surface area contributed by atoms with Gasteiger partial charge in [0.15, 0.2) is 5.16 Å². The molecule has 0 unspecified atom stereocenters. The highest BCUT2D eigenvalue weighted by atomic mass is 32.2. The maximum absolute atomic E-state index is 13.3. The number of amides is 1. The van der Waals surface area contributed by atoms with Crippen molar-refractivity contribution < 1.29 is 9.18 Å². The highest BCUT2D eigenvalue weighted by molar-refractivity contribution is 7.99. The Kier molecular flexibility index (Phi) is 7.25. The summed E-state index contributed by atoms with van der Waals surface area (Å²) in [6.45, 7) is 3.91. The second kappa shape index (κ2) is 10.3. The Balaban J connectivity index is 1.40. The van der Waals surface area contributed by atoms with Crippen LogP contribution in [0.4, 0.5) is 4.39 Å². The van der Waals surface area contributed by atoms with Gasteiger partial charge in [-0.25, -0.2) is 9.37 Å². The molecule has 2 N–H and O–H groups in total. The van der Waals surface area contributed by atoms with Crippen LogP contribution in [-0.2, 0) is 11.2 Å². The zero-order valence-electron chi connectivity index (χ0n) is 18.4. The van der Waals surface area contributed by atoms with Crippen LogP contribution in [0.5, 0.6) is 0 Å². The third kappa shape index (κ3) is 5.69. The minimum Gasteiger partial charge on any atom is -0.353 e. The molecule has 0 aliphatic heterocycles. The summed E-state index contributed by atoms with van der Waals surface area (Å²) in [5.74, 6) is -0.258. The van der Waals surface area contributed by atoms with Gasteiger partial charge in [-0.2, -0.15) is 0 Å². The van der Waals surface area contributed by atoms with Crippen LogP contribution in [0.3, 0.4) is 0 Å². The number of fused-ring (bicyclic) bond motifs is 1. The van der Waals surface area contributed by atoms with Crippen molar-refractivity contribution in [2.24, 2.45) is 0 Å². The van der Waals surface area contributed by atoms with Crippen LogP contribution in [-0.4, -0.2) is 27.7 Å². The molecule has 5 nitrogen and oxygen atoms in total. The fraction of sp³-hybridized carbons (Fsp3) is 0.240. The lowest BCUT2D eigenvalue weighted by molar-refractivity contribution is -0.119. The number of halogens is 1. The Hall–Kier alpha value is -2.97. The molecule has 4 aromatic rings. The Bertz CT molecular complexity index is 1320. The zero-order valence-corrected chi connectivity index (χ0v) is 20.0. The Morgan fingerprint density at radius 2 is 1.91 bits per heavy atom. The maximum atomic E-state index is 13.3. The standard InChI is InChI=1S/C25H24FN3O2S2/c1-15(8-9-17-6-4-3-5-7-17)27-20(30)14-32-25-28-23(31)22-21(16(2)33-24(22)29-25)18-10-12-19(26)13-11-18/h3-7,10-13,15H,8-9,14H2,1-2H3,(H,27,30)(H,28,29,31)/t15-/m0/s1. The molecule has 0 spiro atoms. The highest BCUT2D eigenvalue weighted by Gasteiger charge is 2.17. The molecule has 170 valence electrons. The third-order valence-corrected chi connectivity index (χ3v) is 7.18. The van der Waals surface area contributed by atoms with Crippen molar-refractivity contribution in [1.29, 1.82) is 0 Å². The first-order valence-electron chi connectivity index (χ1n) is 10.7. The molecular formula is C25H24FN3O2S2. The quantitative estimate of drug-likeness (QED) is 0.264. The molecule has 0 radical (unpaired) electrons. The molecule has 4 rings (SSSR count). The van der Waals surface area contributed by atoms with Gasteiger partial charge in [0.2, 0.25) is 5.91 Å². The summed E-state index contributed by atoms with van der Waals surface area (Å²) < 4.78 is 13.3. The van der Waals surface area contributed by atoms with Gasteiger partial charge in [-0.05, 0) is 49.9 Å². The number of carbonyl (C=O) groups is 1. The number of thioether (sulfide) groups is 1. The third-order valence-electron chi connectivity index (χ3n) is 5.31. The Morgan fingerprint density at radius 1 is 1.18 bits per heavy atom. The van der Waals surface area contributed by atoms with E-state index in [1.807, 2.05) is 32.0 Å². The highest BCUT2D eigenvalue weighted by Crippen LogP contribution is 2.36. The lowest BCUT2D eigenvalue weighted by atomic mass is 10.0. The number of aromatic nitrogens is 2. The fourth-order valence-electron chi connectivity index (χ4n) is 3.68. The Labute approximate surface area is 199 Å². The van der Waals surface area contributed by atoms with Crippen LogP contribution in [0.15, 0.2) is 64.5 Å². The van der Waals surface area contributed by atoms with Crippen molar-refractivity contribution in [2.45, 2.75) is 37.9 Å². The monoisotopic (exact) mass is 481 g/mol. The van der Waals surface area contributed by atoms with E-state index in [4.69, 9.17) is 0 Å². The number of carbonyl (C=O) groups excluding carboxylic acids is 1. The van der Waals surface area contributed by atoms with Crippen LogP contribution in [0.1, 0.15) is 23.8 Å². The average Bonchev–Trinajstić information content (AvgIpc) is 3.14.